The highest BCUT2D eigenvalue weighted by atomic mass is 35.5. The van der Waals surface area contributed by atoms with E-state index in [-0.39, 0.29) is 11.2 Å². The normalized spacial score (nSPS) is 11.9. The van der Waals surface area contributed by atoms with Crippen LogP contribution < -0.4 is 5.32 Å². The number of hydrogen-bond donors (Lipinski definition) is 1. The molecule has 0 saturated heterocycles. The Bertz CT molecular complexity index is 398. The number of nitrogens with one attached hydrogen (secondary N) is 1. The minimum atomic E-state index is -0.118. The van der Waals surface area contributed by atoms with Crippen LogP contribution >= 0.6 is 34.8 Å². The second-order valence-corrected chi connectivity index (χ2v) is 4.04. The summed E-state index contributed by atoms with van der Waals surface area (Å²) in [6.07, 6.45) is 6.08. The van der Waals surface area contributed by atoms with Crippen LogP contribution in [-0.2, 0) is 0 Å². The molecule has 0 aliphatic heterocycles. The van der Waals surface area contributed by atoms with E-state index in [9.17, 15) is 0 Å². The molecule has 2 nitrogen and oxygen atoms in total. The molecule has 0 saturated carbocycles. The summed E-state index contributed by atoms with van der Waals surface area (Å²) >= 11 is 17.4. The predicted octanol–water partition coefficient (Wildman–Crippen LogP) is 3.87. The molecule has 0 aliphatic carbocycles. The monoisotopic (exact) mass is 262 g/mol. The lowest BCUT2D eigenvalue weighted by molar-refractivity contribution is 0.851. The predicted molar refractivity (Wildman–Crippen MR) is 65.8 cm³/mol. The number of pyridine rings is 1. The minimum Gasteiger partial charge on any atom is -0.355 e. The number of nitrogens with zero attached hydrogens (tertiary/aromatic N) is 1. The van der Waals surface area contributed by atoms with Gasteiger partial charge in [-0.3, -0.25) is 0 Å². The van der Waals surface area contributed by atoms with Crippen molar-refractivity contribution in [2.75, 3.05) is 5.32 Å². The van der Waals surface area contributed by atoms with E-state index in [1.165, 1.54) is 6.07 Å². The summed E-state index contributed by atoms with van der Waals surface area (Å²) in [5.41, 5.74) is 0. The molecule has 80 valence electrons. The van der Waals surface area contributed by atoms with Crippen molar-refractivity contribution in [1.82, 2.24) is 4.98 Å². The van der Waals surface area contributed by atoms with Gasteiger partial charge in [0.1, 0.15) is 11.0 Å². The number of terminal acetylenes is 1. The van der Waals surface area contributed by atoms with Gasteiger partial charge in [0.15, 0.2) is 0 Å². The molecule has 0 amide bonds. The summed E-state index contributed by atoms with van der Waals surface area (Å²) in [5, 5.41) is 3.92. The third-order valence-electron chi connectivity index (χ3n) is 1.81. The van der Waals surface area contributed by atoms with Crippen molar-refractivity contribution >= 4 is 40.6 Å². The van der Waals surface area contributed by atoms with Crippen molar-refractivity contribution in [3.8, 4) is 12.3 Å². The Morgan fingerprint density at radius 3 is 2.67 bits per heavy atom. The second kappa shape index (κ2) is 5.46. The highest BCUT2D eigenvalue weighted by Gasteiger charge is 2.10. The second-order valence-electron chi connectivity index (χ2n) is 2.86. The average Bonchev–Trinajstić information content (AvgIpc) is 2.21. The lowest BCUT2D eigenvalue weighted by atomic mass is 10.2. The van der Waals surface area contributed by atoms with Gasteiger partial charge in [0.05, 0.1) is 16.1 Å². The molecule has 1 aromatic rings. The fourth-order valence-electron chi connectivity index (χ4n) is 0.972. The zero-order valence-corrected chi connectivity index (χ0v) is 10.3. The van der Waals surface area contributed by atoms with Crippen LogP contribution in [0.4, 0.5) is 5.82 Å². The molecular weight excluding hydrogens is 254 g/mol. The molecule has 1 aromatic heterocycles. The van der Waals surface area contributed by atoms with Crippen LogP contribution in [0.1, 0.15) is 13.3 Å². The Labute approximate surface area is 104 Å². The molecule has 1 heterocycles. The maximum absolute atomic E-state index is 5.92. The lowest BCUT2D eigenvalue weighted by Crippen LogP contribution is -2.16. The quantitative estimate of drug-likeness (QED) is 0.661. The molecule has 0 aromatic carbocycles. The van der Waals surface area contributed by atoms with Gasteiger partial charge in [0.2, 0.25) is 0 Å². The summed E-state index contributed by atoms with van der Waals surface area (Å²) in [6.45, 7) is 1.96. The van der Waals surface area contributed by atoms with Gasteiger partial charge in [-0.2, -0.15) is 0 Å². The summed E-state index contributed by atoms with van der Waals surface area (Å²) in [7, 11) is 0. The first-order valence-electron chi connectivity index (χ1n) is 4.32. The zero-order valence-electron chi connectivity index (χ0n) is 8.02. The molecule has 15 heavy (non-hydrogen) atoms. The molecule has 0 aliphatic rings. The summed E-state index contributed by atoms with van der Waals surface area (Å²) in [4.78, 5) is 4.00. The third kappa shape index (κ3) is 3.17. The summed E-state index contributed by atoms with van der Waals surface area (Å²) < 4.78 is 0. The van der Waals surface area contributed by atoms with E-state index < -0.39 is 0 Å². The number of halogens is 3. The summed E-state index contributed by atoms with van der Waals surface area (Å²) in [5.74, 6) is 3.03. The van der Waals surface area contributed by atoms with Gasteiger partial charge in [-0.05, 0) is 12.5 Å². The molecule has 0 spiro atoms. The van der Waals surface area contributed by atoms with Crippen molar-refractivity contribution in [2.45, 2.75) is 19.4 Å². The maximum Gasteiger partial charge on any atom is 0.150 e. The van der Waals surface area contributed by atoms with Gasteiger partial charge in [-0.25, -0.2) is 4.98 Å². The number of aromatic nitrogens is 1. The Morgan fingerprint density at radius 2 is 2.13 bits per heavy atom. The van der Waals surface area contributed by atoms with Crippen molar-refractivity contribution in [1.29, 1.82) is 0 Å². The highest BCUT2D eigenvalue weighted by molar-refractivity contribution is 6.42. The van der Waals surface area contributed by atoms with Crippen molar-refractivity contribution in [2.24, 2.45) is 0 Å². The van der Waals surface area contributed by atoms with Gasteiger partial charge in [-0.15, -0.1) is 6.42 Å². The molecule has 1 rings (SSSR count). The molecule has 0 fully saturated rings. The van der Waals surface area contributed by atoms with Gasteiger partial charge < -0.3 is 5.32 Å². The van der Waals surface area contributed by atoms with Crippen LogP contribution in [-0.4, -0.2) is 11.0 Å². The summed E-state index contributed by atoms with van der Waals surface area (Å²) in [6, 6.07) is 1.41. The molecule has 1 unspecified atom stereocenters. The Kier molecular flexibility index (Phi) is 4.53. The Balaban J connectivity index is 2.96. The minimum absolute atomic E-state index is 0.118. The molecule has 0 bridgehead atoms. The molecular formula is C10H9Cl3N2. The van der Waals surface area contributed by atoms with Crippen LogP contribution in [0, 0.1) is 12.3 Å². The van der Waals surface area contributed by atoms with E-state index in [1.54, 1.807) is 0 Å². The SMILES string of the molecule is C#CC(CC)Nc1nc(Cl)c(Cl)cc1Cl. The first-order valence-corrected chi connectivity index (χ1v) is 5.46. The standard InChI is InChI=1S/C10H9Cl3N2/c1-3-6(4-2)14-10-8(12)5-7(11)9(13)15-10/h1,5-6H,4H2,2H3,(H,14,15). The maximum atomic E-state index is 5.92. The van der Waals surface area contributed by atoms with E-state index in [1.807, 2.05) is 6.92 Å². The number of hydrogen-bond acceptors (Lipinski definition) is 2. The number of anilines is 1. The topological polar surface area (TPSA) is 24.9 Å². The van der Waals surface area contributed by atoms with E-state index >= 15 is 0 Å². The van der Waals surface area contributed by atoms with E-state index in [0.29, 0.717) is 15.9 Å². The molecule has 1 N–H and O–H groups in total. The fraction of sp³-hybridized carbons (Fsp3) is 0.300. The largest absolute Gasteiger partial charge is 0.355 e. The van der Waals surface area contributed by atoms with Crippen LogP contribution in [0.25, 0.3) is 0 Å². The Hall–Kier alpha value is -0.620. The van der Waals surface area contributed by atoms with Crippen LogP contribution in [0.5, 0.6) is 0 Å². The first-order chi connectivity index (χ1) is 7.08. The molecule has 1 atom stereocenters. The fourth-order valence-corrected chi connectivity index (χ4v) is 1.52. The lowest BCUT2D eigenvalue weighted by Gasteiger charge is -2.13. The van der Waals surface area contributed by atoms with Crippen molar-refractivity contribution in [3.05, 3.63) is 21.3 Å². The van der Waals surface area contributed by atoms with Gasteiger partial charge in [-0.1, -0.05) is 47.6 Å². The van der Waals surface area contributed by atoms with E-state index in [0.717, 1.165) is 6.42 Å². The number of rotatable bonds is 3. The van der Waals surface area contributed by atoms with E-state index in [2.05, 4.69) is 16.2 Å². The average molecular weight is 264 g/mol. The van der Waals surface area contributed by atoms with Gasteiger partial charge in [0, 0.05) is 0 Å². The highest BCUT2D eigenvalue weighted by Crippen LogP contribution is 2.29. The Morgan fingerprint density at radius 1 is 1.47 bits per heavy atom. The van der Waals surface area contributed by atoms with Crippen LogP contribution in [0.15, 0.2) is 6.07 Å². The smallest absolute Gasteiger partial charge is 0.150 e. The third-order valence-corrected chi connectivity index (χ3v) is 2.77. The van der Waals surface area contributed by atoms with Gasteiger partial charge >= 0.3 is 0 Å². The molecule has 5 heteroatoms. The van der Waals surface area contributed by atoms with Gasteiger partial charge in [0.25, 0.3) is 0 Å². The molecule has 0 radical (unpaired) electrons. The first kappa shape index (κ1) is 12.4. The van der Waals surface area contributed by atoms with Crippen molar-refractivity contribution in [3.63, 3.8) is 0 Å². The van der Waals surface area contributed by atoms with Crippen LogP contribution in [0.2, 0.25) is 15.2 Å². The van der Waals surface area contributed by atoms with Crippen LogP contribution in [0.3, 0.4) is 0 Å². The zero-order chi connectivity index (χ0) is 11.4. The van der Waals surface area contributed by atoms with E-state index in [4.69, 9.17) is 41.2 Å². The van der Waals surface area contributed by atoms with Crippen molar-refractivity contribution < 1.29 is 0 Å².